The number of hydrogen-bond acceptors (Lipinski definition) is 3. The van der Waals surface area contributed by atoms with Crippen molar-refractivity contribution in [2.45, 2.75) is 19.4 Å². The van der Waals surface area contributed by atoms with E-state index < -0.39 is 0 Å². The molecule has 2 amide bonds. The number of nitriles is 1. The average Bonchev–Trinajstić information content (AvgIpc) is 3.11. The Kier molecular flexibility index (Phi) is 5.45. The maximum Gasteiger partial charge on any atom is 0.244 e. The summed E-state index contributed by atoms with van der Waals surface area (Å²) >= 11 is 0. The maximum absolute atomic E-state index is 11.9. The summed E-state index contributed by atoms with van der Waals surface area (Å²) in [6.07, 6.45) is 4.74. The van der Waals surface area contributed by atoms with Crippen LogP contribution in [0, 0.1) is 11.3 Å². The van der Waals surface area contributed by atoms with Crippen LogP contribution in [0.5, 0.6) is 0 Å². The third-order valence-corrected chi connectivity index (χ3v) is 4.26. The Labute approximate surface area is 152 Å². The molecule has 1 saturated heterocycles. The van der Waals surface area contributed by atoms with Crippen LogP contribution < -0.4 is 10.2 Å². The smallest absolute Gasteiger partial charge is 0.244 e. The minimum Gasteiger partial charge on any atom is -0.348 e. The van der Waals surface area contributed by atoms with Gasteiger partial charge in [0.2, 0.25) is 11.8 Å². The Hall–Kier alpha value is -3.39. The van der Waals surface area contributed by atoms with Crippen LogP contribution in [-0.2, 0) is 16.1 Å². The molecule has 1 fully saturated rings. The minimum atomic E-state index is -0.187. The van der Waals surface area contributed by atoms with E-state index in [4.69, 9.17) is 5.26 Å². The molecule has 0 radical (unpaired) electrons. The number of carbonyl (C=O) groups excluding carboxylic acids is 2. The summed E-state index contributed by atoms with van der Waals surface area (Å²) in [7, 11) is 0. The van der Waals surface area contributed by atoms with E-state index in [1.807, 2.05) is 36.4 Å². The van der Waals surface area contributed by atoms with Gasteiger partial charge in [-0.1, -0.05) is 24.3 Å². The third-order valence-electron chi connectivity index (χ3n) is 4.26. The zero-order valence-corrected chi connectivity index (χ0v) is 14.3. The Balaban J connectivity index is 1.52. The van der Waals surface area contributed by atoms with Crippen molar-refractivity contribution in [1.29, 1.82) is 5.26 Å². The average molecular weight is 345 g/mol. The quantitative estimate of drug-likeness (QED) is 0.847. The largest absolute Gasteiger partial charge is 0.348 e. The first-order valence-corrected chi connectivity index (χ1v) is 8.51. The van der Waals surface area contributed by atoms with Crippen LogP contribution in [0.4, 0.5) is 5.69 Å². The molecule has 0 aliphatic carbocycles. The van der Waals surface area contributed by atoms with E-state index >= 15 is 0 Å². The summed E-state index contributed by atoms with van der Waals surface area (Å²) in [4.78, 5) is 25.5. The predicted octanol–water partition coefficient (Wildman–Crippen LogP) is 3.01. The maximum atomic E-state index is 11.9. The number of benzene rings is 2. The Morgan fingerprint density at radius 2 is 1.88 bits per heavy atom. The second-order valence-electron chi connectivity index (χ2n) is 6.10. The highest BCUT2D eigenvalue weighted by Gasteiger charge is 2.21. The summed E-state index contributed by atoms with van der Waals surface area (Å²) in [6.45, 7) is 1.18. The van der Waals surface area contributed by atoms with Crippen LogP contribution >= 0.6 is 0 Å². The van der Waals surface area contributed by atoms with E-state index in [-0.39, 0.29) is 11.8 Å². The van der Waals surface area contributed by atoms with Gasteiger partial charge < -0.3 is 10.2 Å². The molecule has 0 aromatic heterocycles. The molecular formula is C21H19N3O2. The van der Waals surface area contributed by atoms with Crippen LogP contribution in [0.2, 0.25) is 0 Å². The molecule has 1 aliphatic rings. The Morgan fingerprint density at radius 1 is 1.15 bits per heavy atom. The van der Waals surface area contributed by atoms with E-state index in [1.165, 1.54) is 6.08 Å². The van der Waals surface area contributed by atoms with Crippen molar-refractivity contribution in [3.8, 4) is 6.07 Å². The molecule has 3 rings (SSSR count). The SMILES string of the molecule is N#Cc1ccc(CNC(=O)/C=C/c2ccc(N3CCCC3=O)cc2)cc1. The van der Waals surface area contributed by atoms with Crippen molar-refractivity contribution in [2.24, 2.45) is 0 Å². The molecule has 2 aromatic rings. The van der Waals surface area contributed by atoms with E-state index in [0.717, 1.165) is 29.8 Å². The first-order valence-electron chi connectivity index (χ1n) is 8.51. The number of hydrogen-bond donors (Lipinski definition) is 1. The van der Waals surface area contributed by atoms with E-state index in [9.17, 15) is 9.59 Å². The number of carbonyl (C=O) groups is 2. The molecule has 0 unspecified atom stereocenters. The van der Waals surface area contributed by atoms with Crippen molar-refractivity contribution < 1.29 is 9.59 Å². The molecule has 2 aromatic carbocycles. The molecule has 0 saturated carbocycles. The van der Waals surface area contributed by atoms with Gasteiger partial charge in [-0.05, 0) is 47.9 Å². The monoisotopic (exact) mass is 345 g/mol. The van der Waals surface area contributed by atoms with Crippen molar-refractivity contribution in [1.82, 2.24) is 5.32 Å². The lowest BCUT2D eigenvalue weighted by molar-refractivity contribution is -0.117. The molecule has 5 nitrogen and oxygen atoms in total. The molecule has 1 N–H and O–H groups in total. The van der Waals surface area contributed by atoms with Gasteiger partial charge in [-0.2, -0.15) is 5.26 Å². The predicted molar refractivity (Wildman–Crippen MR) is 100 cm³/mol. The molecule has 1 heterocycles. The summed E-state index contributed by atoms with van der Waals surface area (Å²) in [5, 5.41) is 11.6. The topological polar surface area (TPSA) is 73.2 Å². The van der Waals surface area contributed by atoms with Crippen molar-refractivity contribution in [2.75, 3.05) is 11.4 Å². The lowest BCUT2D eigenvalue weighted by Gasteiger charge is -2.15. The van der Waals surface area contributed by atoms with Gasteiger partial charge in [0.1, 0.15) is 0 Å². The van der Waals surface area contributed by atoms with Gasteiger partial charge >= 0.3 is 0 Å². The minimum absolute atomic E-state index is 0.162. The van der Waals surface area contributed by atoms with Gasteiger partial charge in [0.15, 0.2) is 0 Å². The van der Waals surface area contributed by atoms with E-state index in [2.05, 4.69) is 11.4 Å². The highest BCUT2D eigenvalue weighted by atomic mass is 16.2. The van der Waals surface area contributed by atoms with Gasteiger partial charge in [0.05, 0.1) is 11.6 Å². The molecule has 26 heavy (non-hydrogen) atoms. The lowest BCUT2D eigenvalue weighted by atomic mass is 10.1. The van der Waals surface area contributed by atoms with Gasteiger partial charge in [-0.3, -0.25) is 9.59 Å². The third kappa shape index (κ3) is 4.37. The molecular weight excluding hydrogens is 326 g/mol. The van der Waals surface area contributed by atoms with Crippen molar-refractivity contribution >= 4 is 23.6 Å². The zero-order valence-electron chi connectivity index (χ0n) is 14.3. The van der Waals surface area contributed by atoms with Crippen LogP contribution in [0.1, 0.15) is 29.5 Å². The first kappa shape index (κ1) is 17.4. The van der Waals surface area contributed by atoms with Crippen LogP contribution in [-0.4, -0.2) is 18.4 Å². The second kappa shape index (κ2) is 8.13. The van der Waals surface area contributed by atoms with Crippen LogP contribution in [0.25, 0.3) is 6.08 Å². The number of amides is 2. The van der Waals surface area contributed by atoms with Crippen LogP contribution in [0.15, 0.2) is 54.6 Å². The fourth-order valence-corrected chi connectivity index (χ4v) is 2.80. The second-order valence-corrected chi connectivity index (χ2v) is 6.10. The summed E-state index contributed by atoms with van der Waals surface area (Å²) in [6, 6.07) is 16.7. The summed E-state index contributed by atoms with van der Waals surface area (Å²) in [5.41, 5.74) is 3.33. The fourth-order valence-electron chi connectivity index (χ4n) is 2.80. The summed E-state index contributed by atoms with van der Waals surface area (Å²) < 4.78 is 0. The van der Waals surface area contributed by atoms with Gasteiger partial charge in [-0.25, -0.2) is 0 Å². The molecule has 5 heteroatoms. The zero-order chi connectivity index (χ0) is 18.4. The molecule has 0 spiro atoms. The highest BCUT2D eigenvalue weighted by Crippen LogP contribution is 2.21. The molecule has 130 valence electrons. The number of nitrogens with zero attached hydrogens (tertiary/aromatic N) is 2. The number of anilines is 1. The molecule has 0 atom stereocenters. The van der Waals surface area contributed by atoms with Gasteiger partial charge in [-0.15, -0.1) is 0 Å². The molecule has 1 aliphatic heterocycles. The summed E-state index contributed by atoms with van der Waals surface area (Å²) in [5.74, 6) is -0.0244. The Bertz CT molecular complexity index is 862. The Morgan fingerprint density at radius 3 is 2.50 bits per heavy atom. The van der Waals surface area contributed by atoms with E-state index in [0.29, 0.717) is 18.5 Å². The van der Waals surface area contributed by atoms with Gasteiger partial charge in [0, 0.05) is 31.3 Å². The normalized spacial score (nSPS) is 13.8. The standard InChI is InChI=1S/C21H19N3O2/c22-14-17-3-5-18(6-4-17)15-23-20(25)12-9-16-7-10-19(11-8-16)24-13-1-2-21(24)26/h3-12H,1-2,13,15H2,(H,23,25)/b12-9+. The molecule has 0 bridgehead atoms. The lowest BCUT2D eigenvalue weighted by Crippen LogP contribution is -2.23. The number of rotatable bonds is 5. The number of nitrogens with one attached hydrogen (secondary N) is 1. The van der Waals surface area contributed by atoms with Crippen molar-refractivity contribution in [3.63, 3.8) is 0 Å². The van der Waals surface area contributed by atoms with Crippen molar-refractivity contribution in [3.05, 3.63) is 71.3 Å². The highest BCUT2D eigenvalue weighted by molar-refractivity contribution is 5.95. The first-order chi connectivity index (χ1) is 12.7. The fraction of sp³-hybridized carbons (Fsp3) is 0.190. The van der Waals surface area contributed by atoms with E-state index in [1.54, 1.807) is 23.1 Å². The van der Waals surface area contributed by atoms with Gasteiger partial charge in [0.25, 0.3) is 0 Å². The van der Waals surface area contributed by atoms with Crippen LogP contribution in [0.3, 0.4) is 0 Å².